The Hall–Kier alpha value is -1.98. The first-order chi connectivity index (χ1) is 7.58. The van der Waals surface area contributed by atoms with E-state index >= 15 is 0 Å². The zero-order valence-corrected chi connectivity index (χ0v) is 8.07. The van der Waals surface area contributed by atoms with Crippen LogP contribution in [0.3, 0.4) is 0 Å². The number of benzene rings is 1. The number of nitrogen functional groups attached to an aromatic ring is 1. The Labute approximate surface area is 89.3 Å². The minimum atomic E-state index is -2.70. The van der Waals surface area contributed by atoms with Crippen molar-refractivity contribution in [3.8, 4) is 11.1 Å². The summed E-state index contributed by atoms with van der Waals surface area (Å²) in [5.74, 6) is -0.581. The van der Waals surface area contributed by atoms with Crippen molar-refractivity contribution in [3.05, 3.63) is 36.4 Å². The molecule has 0 saturated heterocycles. The Kier molecular flexibility index (Phi) is 2.55. The number of hydrogen-bond donors (Lipinski definition) is 1. The smallest absolute Gasteiger partial charge is 0.333 e. The average Bonchev–Trinajstić information content (AvgIpc) is 2.71. The highest BCUT2D eigenvalue weighted by Gasteiger charge is 2.09. The molecule has 16 heavy (non-hydrogen) atoms. The summed E-state index contributed by atoms with van der Waals surface area (Å²) < 4.78 is 38.1. The molecule has 84 valence electrons. The van der Waals surface area contributed by atoms with E-state index in [-0.39, 0.29) is 5.69 Å². The number of nitrogens with two attached hydrogens (primary N) is 1. The second kappa shape index (κ2) is 3.88. The van der Waals surface area contributed by atoms with Crippen LogP contribution in [-0.4, -0.2) is 9.78 Å². The van der Waals surface area contributed by atoms with Crippen molar-refractivity contribution in [1.82, 2.24) is 9.78 Å². The van der Waals surface area contributed by atoms with E-state index in [0.29, 0.717) is 15.8 Å². The van der Waals surface area contributed by atoms with Gasteiger partial charge in [0.25, 0.3) is 0 Å². The summed E-state index contributed by atoms with van der Waals surface area (Å²) in [5.41, 5.74) is 6.20. The van der Waals surface area contributed by atoms with Crippen LogP contribution in [0.4, 0.5) is 18.9 Å². The largest absolute Gasteiger partial charge is 0.396 e. The second-order valence-electron chi connectivity index (χ2n) is 3.22. The van der Waals surface area contributed by atoms with Gasteiger partial charge in [-0.25, -0.2) is 9.07 Å². The molecule has 2 rings (SSSR count). The molecule has 0 radical (unpaired) electrons. The fraction of sp³-hybridized carbons (Fsp3) is 0.100. The van der Waals surface area contributed by atoms with Gasteiger partial charge in [-0.15, -0.1) is 0 Å². The Morgan fingerprint density at radius 3 is 2.56 bits per heavy atom. The maximum Gasteiger partial charge on any atom is 0.333 e. The molecular weight excluding hydrogens is 219 g/mol. The van der Waals surface area contributed by atoms with Crippen LogP contribution >= 0.6 is 0 Å². The minimum Gasteiger partial charge on any atom is -0.396 e. The third-order valence-electron chi connectivity index (χ3n) is 2.14. The third-order valence-corrected chi connectivity index (χ3v) is 2.14. The van der Waals surface area contributed by atoms with E-state index in [1.54, 1.807) is 6.07 Å². The molecule has 2 aromatic rings. The minimum absolute atomic E-state index is 0.0185. The number of alkyl halides is 2. The molecule has 0 amide bonds. The molecule has 1 heterocycles. The molecule has 0 saturated carbocycles. The molecule has 0 aliphatic rings. The number of hydrogen-bond acceptors (Lipinski definition) is 2. The van der Waals surface area contributed by atoms with Crippen molar-refractivity contribution < 1.29 is 13.2 Å². The van der Waals surface area contributed by atoms with Crippen molar-refractivity contribution in [2.75, 3.05) is 5.73 Å². The number of rotatable bonds is 2. The first-order valence-electron chi connectivity index (χ1n) is 4.45. The zero-order valence-electron chi connectivity index (χ0n) is 8.07. The zero-order chi connectivity index (χ0) is 11.7. The summed E-state index contributed by atoms with van der Waals surface area (Å²) in [6.07, 6.45) is 2.40. The van der Waals surface area contributed by atoms with Crippen LogP contribution in [0, 0.1) is 5.82 Å². The Morgan fingerprint density at radius 2 is 2.00 bits per heavy atom. The van der Waals surface area contributed by atoms with Crippen LogP contribution < -0.4 is 5.73 Å². The number of halogens is 3. The van der Waals surface area contributed by atoms with Crippen LogP contribution in [0.25, 0.3) is 11.1 Å². The first-order valence-corrected chi connectivity index (χ1v) is 4.45. The summed E-state index contributed by atoms with van der Waals surface area (Å²) in [7, 11) is 0. The molecule has 2 N–H and O–H groups in total. The molecule has 3 nitrogen and oxygen atoms in total. The van der Waals surface area contributed by atoms with Gasteiger partial charge in [-0.3, -0.25) is 0 Å². The summed E-state index contributed by atoms with van der Waals surface area (Å²) in [5, 5.41) is 3.46. The summed E-state index contributed by atoms with van der Waals surface area (Å²) in [6.45, 7) is -2.70. The Morgan fingerprint density at radius 1 is 1.25 bits per heavy atom. The van der Waals surface area contributed by atoms with Gasteiger partial charge in [0.05, 0.1) is 11.9 Å². The standard InChI is InChI=1S/C10H8F3N3/c11-8-3-6(1-2-9(8)14)7-4-15-16(5-7)10(12)13/h1-5,10H,14H2. The second-order valence-corrected chi connectivity index (χ2v) is 3.22. The molecule has 0 fully saturated rings. The van der Waals surface area contributed by atoms with Crippen molar-refractivity contribution in [1.29, 1.82) is 0 Å². The van der Waals surface area contributed by atoms with Gasteiger partial charge in [-0.05, 0) is 17.7 Å². The van der Waals surface area contributed by atoms with Gasteiger partial charge in [0, 0.05) is 11.8 Å². The molecule has 0 spiro atoms. The molecule has 6 heteroatoms. The molecular formula is C10H8F3N3. The van der Waals surface area contributed by atoms with Gasteiger partial charge < -0.3 is 5.73 Å². The number of aromatic nitrogens is 2. The van der Waals surface area contributed by atoms with Crippen LogP contribution in [-0.2, 0) is 0 Å². The Balaban J connectivity index is 2.39. The van der Waals surface area contributed by atoms with Crippen LogP contribution in [0.2, 0.25) is 0 Å². The van der Waals surface area contributed by atoms with Gasteiger partial charge >= 0.3 is 6.55 Å². The predicted molar refractivity (Wildman–Crippen MR) is 53.3 cm³/mol. The molecule has 0 aliphatic heterocycles. The lowest BCUT2D eigenvalue weighted by molar-refractivity contribution is 0.0566. The molecule has 1 aromatic heterocycles. The fourth-order valence-electron chi connectivity index (χ4n) is 1.30. The number of nitrogens with zero attached hydrogens (tertiary/aromatic N) is 2. The maximum absolute atomic E-state index is 13.1. The molecule has 1 aromatic carbocycles. The first kappa shape index (κ1) is 10.5. The van der Waals surface area contributed by atoms with E-state index in [1.165, 1.54) is 18.3 Å². The van der Waals surface area contributed by atoms with Gasteiger partial charge in [-0.2, -0.15) is 13.9 Å². The lowest BCUT2D eigenvalue weighted by Crippen LogP contribution is -1.96. The van der Waals surface area contributed by atoms with E-state index in [0.717, 1.165) is 6.20 Å². The van der Waals surface area contributed by atoms with Crippen LogP contribution in [0.1, 0.15) is 6.55 Å². The molecule has 0 aliphatic carbocycles. The van der Waals surface area contributed by atoms with E-state index in [9.17, 15) is 13.2 Å². The Bertz CT molecular complexity index is 508. The quantitative estimate of drug-likeness (QED) is 0.801. The van der Waals surface area contributed by atoms with E-state index in [4.69, 9.17) is 5.73 Å². The normalized spacial score (nSPS) is 11.0. The van der Waals surface area contributed by atoms with Crippen molar-refractivity contribution in [2.24, 2.45) is 0 Å². The summed E-state index contributed by atoms with van der Waals surface area (Å²) in [4.78, 5) is 0. The van der Waals surface area contributed by atoms with Crippen LogP contribution in [0.5, 0.6) is 0 Å². The highest BCUT2D eigenvalue weighted by atomic mass is 19.3. The van der Waals surface area contributed by atoms with Gasteiger partial charge in [0.1, 0.15) is 5.82 Å². The van der Waals surface area contributed by atoms with E-state index in [2.05, 4.69) is 5.10 Å². The lowest BCUT2D eigenvalue weighted by atomic mass is 10.1. The van der Waals surface area contributed by atoms with Crippen molar-refractivity contribution in [3.63, 3.8) is 0 Å². The molecule has 0 atom stereocenters. The van der Waals surface area contributed by atoms with E-state index < -0.39 is 12.4 Å². The highest BCUT2D eigenvalue weighted by molar-refractivity contribution is 5.64. The summed E-state index contributed by atoms with van der Waals surface area (Å²) >= 11 is 0. The van der Waals surface area contributed by atoms with E-state index in [1.807, 2.05) is 0 Å². The van der Waals surface area contributed by atoms with Gasteiger partial charge in [0.15, 0.2) is 0 Å². The SMILES string of the molecule is Nc1ccc(-c2cnn(C(F)F)c2)cc1F. The van der Waals surface area contributed by atoms with Crippen molar-refractivity contribution in [2.45, 2.75) is 6.55 Å². The van der Waals surface area contributed by atoms with Crippen molar-refractivity contribution >= 4 is 5.69 Å². The summed E-state index contributed by atoms with van der Waals surface area (Å²) in [6, 6.07) is 4.11. The lowest BCUT2D eigenvalue weighted by Gasteiger charge is -2.00. The average molecular weight is 227 g/mol. The monoisotopic (exact) mass is 227 g/mol. The molecule has 0 bridgehead atoms. The molecule has 0 unspecified atom stereocenters. The maximum atomic E-state index is 13.1. The topological polar surface area (TPSA) is 43.8 Å². The van der Waals surface area contributed by atoms with Gasteiger partial charge in [-0.1, -0.05) is 6.07 Å². The number of anilines is 1. The third kappa shape index (κ3) is 1.86. The van der Waals surface area contributed by atoms with Gasteiger partial charge in [0.2, 0.25) is 0 Å². The fourth-order valence-corrected chi connectivity index (χ4v) is 1.30. The predicted octanol–water partition coefficient (Wildman–Crippen LogP) is 2.67. The van der Waals surface area contributed by atoms with Crippen LogP contribution in [0.15, 0.2) is 30.6 Å². The highest BCUT2D eigenvalue weighted by Crippen LogP contribution is 2.23.